The minimum atomic E-state index is -2.00. The highest BCUT2D eigenvalue weighted by Crippen LogP contribution is 2.32. The number of benzene rings is 4. The van der Waals surface area contributed by atoms with Gasteiger partial charge in [-0.15, -0.1) is 11.8 Å². The van der Waals surface area contributed by atoms with Crippen LogP contribution in [0.25, 0.3) is 0 Å². The third-order valence-electron chi connectivity index (χ3n) is 24.4. The zero-order valence-corrected chi connectivity index (χ0v) is 81.3. The van der Waals surface area contributed by atoms with E-state index in [0.29, 0.717) is 36.9 Å². The fourth-order valence-electron chi connectivity index (χ4n) is 15.9. The number of carbonyl (C=O) groups excluding carboxylic acids is 17. The van der Waals surface area contributed by atoms with E-state index in [1.165, 1.54) is 48.5 Å². The minimum Gasteiger partial charge on any atom is -0.508 e. The topological polar surface area (TPSA) is 637 Å². The lowest BCUT2D eigenvalue weighted by molar-refractivity contribution is -0.143. The number of hydrogen-bond donors (Lipinski definition) is 17. The number of aliphatic carboxylic acids is 3. The van der Waals surface area contributed by atoms with Crippen LogP contribution in [0.2, 0.25) is 0 Å². The van der Waals surface area contributed by atoms with Gasteiger partial charge in [0.05, 0.1) is 121 Å². The summed E-state index contributed by atoms with van der Waals surface area (Å²) in [5.41, 5.74) is 7.89. The molecule has 0 bridgehead atoms. The number of nitrogens with zero attached hydrogens (tertiary/aromatic N) is 1. The molecule has 0 unspecified atom stereocenters. The molecule has 16 atom stereocenters. The molecule has 1 heterocycles. The SMILES string of the molecule is CC[C@H](C)[C@H](NC(=O)[C@H](CO)CC(=O)[C@H](Cc1ccc(O)cc1)NC(=O)[C@H](CC(=O)O)CC(=O)[C@H](CO)NC(=O)[C@@H](CC(=O)[C@H](Cc1ccccc1)NC(=O)[C@@H](CC(=O)CNC(=O)[C@H](CCC(=O)O)CC(=O)CSCC(=O)CCCN1C(=O)c2ccc(C(C)(C)C)cc2C1=O)[C@@H](C)O)[C@@H](C)O)C(=O)C[C@@H](Cc1ccc(O)cc1)C(=O)N[C@@H](CC(C)C)C(=O)C[C@@H](CC(=O)O)C(=O)N[C@H](C)CCCCN. The molecule has 4 aromatic carbocycles. The second-order valence-electron chi connectivity index (χ2n) is 37.5. The van der Waals surface area contributed by atoms with Gasteiger partial charge in [-0.05, 0) is 155 Å². The minimum absolute atomic E-state index is 0.0222. The fourth-order valence-corrected chi connectivity index (χ4v) is 16.8. The van der Waals surface area contributed by atoms with E-state index < -0.39 is 298 Å². The zero-order chi connectivity index (χ0) is 104. The van der Waals surface area contributed by atoms with Crippen LogP contribution >= 0.6 is 11.8 Å². The molecule has 4 aromatic rings. The molecule has 1 aliphatic heterocycles. The van der Waals surface area contributed by atoms with E-state index in [9.17, 15) is 142 Å². The summed E-state index contributed by atoms with van der Waals surface area (Å²) >= 11 is 0.933. The highest BCUT2D eigenvalue weighted by atomic mass is 32.2. The molecule has 0 radical (unpaired) electrons. The van der Waals surface area contributed by atoms with Crippen molar-refractivity contribution in [2.75, 3.05) is 44.4 Å². The maximum atomic E-state index is 14.9. The van der Waals surface area contributed by atoms with E-state index in [1.54, 1.807) is 83.1 Å². The summed E-state index contributed by atoms with van der Waals surface area (Å²) in [5.74, 6) is -31.3. The van der Waals surface area contributed by atoms with Crippen LogP contribution in [-0.2, 0) is 111 Å². The number of carboxylic acid groups (broad SMARTS) is 3. The van der Waals surface area contributed by atoms with Gasteiger partial charge in [0.1, 0.15) is 29.1 Å². The number of hydrogen-bond acceptors (Lipinski definition) is 28. The third kappa shape index (κ3) is 39.9. The van der Waals surface area contributed by atoms with Crippen molar-refractivity contribution in [3.05, 3.63) is 130 Å². The molecule has 0 saturated heterocycles. The number of nitrogens with two attached hydrogens (primary N) is 1. The summed E-state index contributed by atoms with van der Waals surface area (Å²) in [5, 5.41) is 111. The van der Waals surface area contributed by atoms with Gasteiger partial charge in [-0.3, -0.25) is 101 Å². The largest absolute Gasteiger partial charge is 0.508 e. The lowest BCUT2D eigenvalue weighted by atomic mass is 9.85. The number of unbranched alkanes of at least 4 members (excludes halogenated alkanes) is 1. The highest BCUT2D eigenvalue weighted by molar-refractivity contribution is 8.00. The first-order valence-corrected chi connectivity index (χ1v) is 48.0. The van der Waals surface area contributed by atoms with Gasteiger partial charge in [0.25, 0.3) is 11.8 Å². The van der Waals surface area contributed by atoms with Crippen molar-refractivity contribution in [2.24, 2.45) is 59.0 Å². The monoisotopic (exact) mass is 1960 g/mol. The Labute approximate surface area is 812 Å². The number of rotatable bonds is 67. The summed E-state index contributed by atoms with van der Waals surface area (Å²) in [6.45, 7) is 14.0. The number of aromatic hydroxyl groups is 2. The van der Waals surface area contributed by atoms with Crippen LogP contribution in [0.4, 0.5) is 0 Å². The van der Waals surface area contributed by atoms with Gasteiger partial charge >= 0.3 is 17.9 Å². The number of phenolic OH excluding ortho intramolecular Hbond substituents is 2. The van der Waals surface area contributed by atoms with Gasteiger partial charge < -0.3 is 88.9 Å². The molecule has 39 heteroatoms. The Hall–Kier alpha value is -12.2. The maximum Gasteiger partial charge on any atom is 0.304 e. The van der Waals surface area contributed by atoms with Crippen LogP contribution in [-0.4, -0.2) is 261 Å². The quantitative estimate of drug-likeness (QED) is 0.0211. The molecule has 9 amide bonds. The smallest absolute Gasteiger partial charge is 0.304 e. The van der Waals surface area contributed by atoms with Gasteiger partial charge in [-0.1, -0.05) is 122 Å². The maximum absolute atomic E-state index is 14.9. The van der Waals surface area contributed by atoms with Gasteiger partial charge in [0.15, 0.2) is 34.7 Å². The molecule has 139 heavy (non-hydrogen) atoms. The number of phenols is 2. The van der Waals surface area contributed by atoms with Crippen LogP contribution in [0.3, 0.4) is 0 Å². The summed E-state index contributed by atoms with van der Waals surface area (Å²) in [6.07, 6.45) is -10.2. The lowest BCUT2D eigenvalue weighted by Crippen LogP contribution is -2.52. The van der Waals surface area contributed by atoms with E-state index in [0.717, 1.165) is 36.1 Å². The number of nitrogens with one attached hydrogen (secondary N) is 7. The van der Waals surface area contributed by atoms with Crippen LogP contribution in [0, 0.1) is 53.3 Å². The predicted octanol–water partition coefficient (Wildman–Crippen LogP) is 4.66. The number of fused-ring (bicyclic) bond motifs is 1. The molecule has 0 saturated carbocycles. The molecule has 5 rings (SSSR count). The number of carboxylic acids is 3. The Morgan fingerprint density at radius 1 is 0.432 bits per heavy atom. The molecule has 0 aromatic heterocycles. The zero-order valence-electron chi connectivity index (χ0n) is 80.5. The average Bonchev–Trinajstić information content (AvgIpc) is 1.62. The normalized spacial score (nSPS) is 15.4. The number of ketones is 8. The lowest BCUT2D eigenvalue weighted by Gasteiger charge is -2.28. The predicted molar refractivity (Wildman–Crippen MR) is 509 cm³/mol. The summed E-state index contributed by atoms with van der Waals surface area (Å²) < 4.78 is 0. The number of imide groups is 1. The molecule has 0 fully saturated rings. The summed E-state index contributed by atoms with van der Waals surface area (Å²) in [6, 6.07) is 15.5. The van der Waals surface area contributed by atoms with E-state index in [4.69, 9.17) is 5.73 Å². The molecular formula is C100H137N9O29S. The van der Waals surface area contributed by atoms with E-state index in [-0.39, 0.29) is 108 Å². The van der Waals surface area contributed by atoms with Crippen molar-refractivity contribution in [1.29, 1.82) is 0 Å². The molecule has 1 aliphatic rings. The van der Waals surface area contributed by atoms with Crippen molar-refractivity contribution >= 4 is 129 Å². The first-order chi connectivity index (χ1) is 65.5. The number of Topliss-reactive ketones (excluding diaryl/α,β-unsaturated/α-hetero) is 8. The second-order valence-corrected chi connectivity index (χ2v) is 38.5. The van der Waals surface area contributed by atoms with E-state index in [1.807, 2.05) is 20.8 Å². The molecule has 762 valence electrons. The van der Waals surface area contributed by atoms with E-state index in [2.05, 4.69) is 37.2 Å². The molecular weight excluding hydrogens is 1820 g/mol. The average molecular weight is 1960 g/mol. The Morgan fingerprint density at radius 2 is 0.906 bits per heavy atom. The van der Waals surface area contributed by atoms with E-state index >= 15 is 0 Å². The van der Waals surface area contributed by atoms with Crippen molar-refractivity contribution in [3.8, 4) is 11.5 Å². The Balaban J connectivity index is 1.27. The van der Waals surface area contributed by atoms with Crippen molar-refractivity contribution < 1.29 is 142 Å². The first kappa shape index (κ1) is 117. The van der Waals surface area contributed by atoms with Gasteiger partial charge in [0.2, 0.25) is 41.4 Å². The van der Waals surface area contributed by atoms with Crippen molar-refractivity contribution in [3.63, 3.8) is 0 Å². The van der Waals surface area contributed by atoms with Crippen molar-refractivity contribution in [1.82, 2.24) is 42.1 Å². The Morgan fingerprint density at radius 3 is 1.43 bits per heavy atom. The summed E-state index contributed by atoms with van der Waals surface area (Å²) in [7, 11) is 0. The standard InChI is InChI=1S/C100H137N9O29S/c1-11-56(4)90(86(123)43-64(37-61-22-28-69(114)29-23-61)93(132)104-78(36-55(2)3)82(119)41-65(45-88(126)127)92(131)103-57(5)18-15-16-34-101)108-95(134)67(51-110)44-83(120)79(39-62-24-30-70(115)31-25-62)105-94(133)66(46-89(128)129)42-84(121)81(52-111)107-97(136)76(59(7)113)49-85(122)80(38-60-19-13-12-14-20-60)106-96(135)75(58(6)112)48-72(117)50-102-91(130)63(26-33-87(124)125)40-73(118)54-139-53-71(116)21-17-35-109-98(137)74-32-27-68(100(8,9)10)47-77(74)99(109)138/h12-14,19-20,22-25,27-32,47,55-59,63-67,75-76,78-81,90,110-115H,11,15-18,21,26,33-46,48-54,101H2,1-10H3,(H,102,130)(H,103,131)(H,104,132)(H,105,133)(H,106,135)(H,107,136)(H,108,134)(H,124,125)(H,126,127)(H,128,129)/t56-,57+,58+,59+,63+,64+,65-,66-,67-,75-,76-,78-,79-,80-,81-,90-/m0/s1. The van der Waals surface area contributed by atoms with Crippen LogP contribution in [0.5, 0.6) is 11.5 Å². The van der Waals surface area contributed by atoms with Gasteiger partial charge in [-0.25, -0.2) is 0 Å². The van der Waals surface area contributed by atoms with Crippen LogP contribution in [0.1, 0.15) is 228 Å². The summed E-state index contributed by atoms with van der Waals surface area (Å²) in [4.78, 5) is 276. The second kappa shape index (κ2) is 58.0. The molecule has 38 nitrogen and oxygen atoms in total. The van der Waals surface area contributed by atoms with Crippen LogP contribution in [0.15, 0.2) is 97.1 Å². The number of amides is 9. The van der Waals surface area contributed by atoms with Crippen molar-refractivity contribution in [2.45, 2.75) is 258 Å². The third-order valence-corrected chi connectivity index (χ3v) is 25.4. The number of aliphatic hydroxyl groups excluding tert-OH is 4. The molecule has 18 N–H and O–H groups in total. The highest BCUT2D eigenvalue weighted by Gasteiger charge is 2.42. The number of carbonyl (C=O) groups is 20. The van der Waals surface area contributed by atoms with Crippen LogP contribution < -0.4 is 43.0 Å². The molecule has 0 aliphatic carbocycles. The number of thioether (sulfide) groups is 1. The Bertz CT molecular complexity index is 4940. The first-order valence-electron chi connectivity index (χ1n) is 46.9. The Kier molecular flexibility index (Phi) is 49.0. The van der Waals surface area contributed by atoms with Gasteiger partial charge in [-0.2, -0.15) is 0 Å². The number of aliphatic hydroxyl groups is 4. The molecule has 0 spiro atoms. The fraction of sp³-hybridized carbons (Fsp3) is 0.560. The van der Waals surface area contributed by atoms with Gasteiger partial charge in [0, 0.05) is 82.2 Å².